The Morgan fingerprint density at radius 3 is 2.22 bits per heavy atom. The number of hydrogen-bond acceptors (Lipinski definition) is 5. The molecule has 0 N–H and O–H groups in total. The molecule has 27 heavy (non-hydrogen) atoms. The standard InChI is InChI=1S/C21H14O5S/c22-21-18-12-11-16(26-27(23,24)17-9-5-2-6-10-17)14-19(18)25-20(21)13-15-7-3-1-4-8-15/h1-14H. The smallest absolute Gasteiger partial charge is 0.339 e. The number of carbonyl (C=O) groups excluding carboxylic acids is 1. The highest BCUT2D eigenvalue weighted by Crippen LogP contribution is 2.35. The number of ether oxygens (including phenoxy) is 1. The quantitative estimate of drug-likeness (QED) is 0.506. The fourth-order valence-corrected chi connectivity index (χ4v) is 3.63. The van der Waals surface area contributed by atoms with Crippen LogP contribution in [0.2, 0.25) is 0 Å². The molecule has 1 heterocycles. The molecular formula is C21H14O5S. The monoisotopic (exact) mass is 378 g/mol. The molecule has 0 atom stereocenters. The number of benzene rings is 3. The molecule has 0 amide bonds. The van der Waals surface area contributed by atoms with Gasteiger partial charge < -0.3 is 8.92 Å². The van der Waals surface area contributed by atoms with Crippen molar-refractivity contribution in [3.8, 4) is 11.5 Å². The summed E-state index contributed by atoms with van der Waals surface area (Å²) in [5.74, 6) is 0.264. The average Bonchev–Trinajstić information content (AvgIpc) is 2.98. The second-order valence-electron chi connectivity index (χ2n) is 5.86. The first kappa shape index (κ1) is 17.1. The zero-order chi connectivity index (χ0) is 18.9. The summed E-state index contributed by atoms with van der Waals surface area (Å²) in [6, 6.07) is 21.5. The molecular weight excluding hydrogens is 364 g/mol. The molecule has 0 fully saturated rings. The number of allylic oxidation sites excluding steroid dienone is 1. The van der Waals surface area contributed by atoms with Crippen molar-refractivity contribution in [2.45, 2.75) is 4.90 Å². The topological polar surface area (TPSA) is 69.7 Å². The minimum Gasteiger partial charge on any atom is -0.452 e. The van der Waals surface area contributed by atoms with Crippen molar-refractivity contribution in [3.05, 3.63) is 95.7 Å². The molecule has 3 aromatic carbocycles. The summed E-state index contributed by atoms with van der Waals surface area (Å²) >= 11 is 0. The lowest BCUT2D eigenvalue weighted by molar-refractivity contribution is 0.101. The third-order valence-electron chi connectivity index (χ3n) is 3.98. The second kappa shape index (κ2) is 6.74. The van der Waals surface area contributed by atoms with Gasteiger partial charge in [0.2, 0.25) is 5.78 Å². The summed E-state index contributed by atoms with van der Waals surface area (Å²) in [5, 5.41) is 0. The molecule has 0 unspecified atom stereocenters. The van der Waals surface area contributed by atoms with E-state index < -0.39 is 10.1 Å². The molecule has 0 saturated heterocycles. The van der Waals surface area contributed by atoms with E-state index in [4.69, 9.17) is 8.92 Å². The maximum Gasteiger partial charge on any atom is 0.339 e. The summed E-state index contributed by atoms with van der Waals surface area (Å²) in [6.07, 6.45) is 1.64. The molecule has 0 aliphatic carbocycles. The molecule has 3 aromatic rings. The summed E-state index contributed by atoms with van der Waals surface area (Å²) in [5.41, 5.74) is 1.19. The summed E-state index contributed by atoms with van der Waals surface area (Å²) in [7, 11) is -3.96. The van der Waals surface area contributed by atoms with E-state index in [1.165, 1.54) is 30.3 Å². The van der Waals surface area contributed by atoms with E-state index in [0.29, 0.717) is 5.56 Å². The molecule has 0 aromatic heterocycles. The normalized spacial score (nSPS) is 14.7. The van der Waals surface area contributed by atoms with Gasteiger partial charge in [-0.2, -0.15) is 8.42 Å². The van der Waals surface area contributed by atoms with Gasteiger partial charge in [0, 0.05) is 6.07 Å². The van der Waals surface area contributed by atoms with E-state index in [1.807, 2.05) is 30.3 Å². The lowest BCUT2D eigenvalue weighted by atomic mass is 10.1. The van der Waals surface area contributed by atoms with E-state index in [0.717, 1.165) is 5.56 Å². The van der Waals surface area contributed by atoms with Crippen LogP contribution < -0.4 is 8.92 Å². The second-order valence-corrected chi connectivity index (χ2v) is 7.41. The Morgan fingerprint density at radius 2 is 1.52 bits per heavy atom. The molecule has 0 saturated carbocycles. The van der Waals surface area contributed by atoms with Crippen molar-refractivity contribution in [1.29, 1.82) is 0 Å². The number of Topliss-reactive ketones (excluding diaryl/α,β-unsaturated/α-hetero) is 1. The van der Waals surface area contributed by atoms with Crippen LogP contribution >= 0.6 is 0 Å². The van der Waals surface area contributed by atoms with E-state index >= 15 is 0 Å². The van der Waals surface area contributed by atoms with Crippen LogP contribution in [0, 0.1) is 0 Å². The van der Waals surface area contributed by atoms with Gasteiger partial charge in [-0.15, -0.1) is 0 Å². The molecule has 0 radical (unpaired) electrons. The molecule has 6 heteroatoms. The fourth-order valence-electron chi connectivity index (χ4n) is 2.68. The van der Waals surface area contributed by atoms with E-state index in [-0.39, 0.29) is 27.9 Å². The average molecular weight is 378 g/mol. The molecule has 0 spiro atoms. The van der Waals surface area contributed by atoms with Crippen LogP contribution in [0.4, 0.5) is 0 Å². The lowest BCUT2D eigenvalue weighted by Crippen LogP contribution is -2.09. The summed E-state index contributed by atoms with van der Waals surface area (Å²) < 4.78 is 35.4. The predicted octanol–water partition coefficient (Wildman–Crippen LogP) is 4.07. The van der Waals surface area contributed by atoms with Crippen molar-refractivity contribution in [2.75, 3.05) is 0 Å². The Morgan fingerprint density at radius 1 is 0.852 bits per heavy atom. The summed E-state index contributed by atoms with van der Waals surface area (Å²) in [4.78, 5) is 12.5. The van der Waals surface area contributed by atoms with Crippen LogP contribution in [-0.4, -0.2) is 14.2 Å². The molecule has 1 aliphatic heterocycles. The maximum absolute atomic E-state index is 12.5. The minimum atomic E-state index is -3.96. The summed E-state index contributed by atoms with van der Waals surface area (Å²) in [6.45, 7) is 0. The fraction of sp³-hybridized carbons (Fsp3) is 0. The first-order valence-corrected chi connectivity index (χ1v) is 9.57. The molecule has 0 bridgehead atoms. The maximum atomic E-state index is 12.5. The van der Waals surface area contributed by atoms with Crippen molar-refractivity contribution >= 4 is 22.0 Å². The Bertz CT molecular complexity index is 1130. The predicted molar refractivity (Wildman–Crippen MR) is 100 cm³/mol. The largest absolute Gasteiger partial charge is 0.452 e. The van der Waals surface area contributed by atoms with Crippen molar-refractivity contribution in [1.82, 2.24) is 0 Å². The van der Waals surface area contributed by atoms with Gasteiger partial charge in [0.1, 0.15) is 16.4 Å². The van der Waals surface area contributed by atoms with Crippen LogP contribution in [0.3, 0.4) is 0 Å². The Kier molecular flexibility index (Phi) is 4.25. The van der Waals surface area contributed by atoms with Crippen molar-refractivity contribution in [2.24, 2.45) is 0 Å². The Hall–Kier alpha value is -3.38. The Labute approximate surface area is 156 Å². The molecule has 134 valence electrons. The van der Waals surface area contributed by atoms with Gasteiger partial charge in [-0.1, -0.05) is 48.5 Å². The van der Waals surface area contributed by atoms with Gasteiger partial charge in [-0.05, 0) is 35.9 Å². The van der Waals surface area contributed by atoms with E-state index in [1.54, 1.807) is 24.3 Å². The first-order chi connectivity index (χ1) is 13.0. The Balaban J connectivity index is 1.61. The molecule has 4 rings (SSSR count). The van der Waals surface area contributed by atoms with Gasteiger partial charge in [0.25, 0.3) is 0 Å². The third-order valence-corrected chi connectivity index (χ3v) is 5.24. The van der Waals surface area contributed by atoms with Gasteiger partial charge in [0.15, 0.2) is 5.76 Å². The number of hydrogen-bond donors (Lipinski definition) is 0. The third kappa shape index (κ3) is 3.47. The number of fused-ring (bicyclic) bond motifs is 1. The van der Waals surface area contributed by atoms with Gasteiger partial charge in [-0.25, -0.2) is 0 Å². The van der Waals surface area contributed by atoms with E-state index in [9.17, 15) is 13.2 Å². The van der Waals surface area contributed by atoms with E-state index in [2.05, 4.69) is 0 Å². The van der Waals surface area contributed by atoms with Crippen LogP contribution in [0.15, 0.2) is 89.5 Å². The van der Waals surface area contributed by atoms with Crippen LogP contribution in [0.1, 0.15) is 15.9 Å². The zero-order valence-corrected chi connectivity index (χ0v) is 14.8. The van der Waals surface area contributed by atoms with Crippen LogP contribution in [0.5, 0.6) is 11.5 Å². The minimum absolute atomic E-state index is 0.0483. The number of carbonyl (C=O) groups is 1. The highest BCUT2D eigenvalue weighted by atomic mass is 32.2. The number of ketones is 1. The molecule has 1 aliphatic rings. The van der Waals surface area contributed by atoms with Gasteiger partial charge in [-0.3, -0.25) is 4.79 Å². The van der Waals surface area contributed by atoms with Crippen LogP contribution in [-0.2, 0) is 10.1 Å². The highest BCUT2D eigenvalue weighted by Gasteiger charge is 2.28. The number of rotatable bonds is 4. The van der Waals surface area contributed by atoms with Gasteiger partial charge in [0.05, 0.1) is 5.56 Å². The van der Waals surface area contributed by atoms with Crippen molar-refractivity contribution < 1.29 is 22.1 Å². The first-order valence-electron chi connectivity index (χ1n) is 8.16. The SMILES string of the molecule is O=C1C(=Cc2ccccc2)Oc2cc(OS(=O)(=O)c3ccccc3)ccc21. The van der Waals surface area contributed by atoms with Gasteiger partial charge >= 0.3 is 10.1 Å². The highest BCUT2D eigenvalue weighted by molar-refractivity contribution is 7.87. The van der Waals surface area contributed by atoms with Crippen molar-refractivity contribution in [3.63, 3.8) is 0 Å². The lowest BCUT2D eigenvalue weighted by Gasteiger charge is -2.07. The zero-order valence-electron chi connectivity index (χ0n) is 14.0. The van der Waals surface area contributed by atoms with Crippen LogP contribution in [0.25, 0.3) is 6.08 Å². The molecule has 5 nitrogen and oxygen atoms in total.